The van der Waals surface area contributed by atoms with E-state index in [4.69, 9.17) is 11.6 Å². The zero-order valence-corrected chi connectivity index (χ0v) is 10.8. The van der Waals surface area contributed by atoms with Crippen molar-refractivity contribution >= 4 is 29.2 Å². The van der Waals surface area contributed by atoms with E-state index in [9.17, 15) is 9.59 Å². The lowest BCUT2D eigenvalue weighted by atomic mass is 10.2. The molecule has 94 valence electrons. The highest BCUT2D eigenvalue weighted by Gasteiger charge is 2.47. The summed E-state index contributed by atoms with van der Waals surface area (Å²) in [5.41, 5.74) is 1.50. The molecular weight excluding hydrogens is 252 g/mol. The first-order valence-electron chi connectivity index (χ1n) is 6.00. The largest absolute Gasteiger partial charge is 0.332 e. The summed E-state index contributed by atoms with van der Waals surface area (Å²) < 4.78 is 0. The monoisotopic (exact) mass is 264 g/mol. The predicted molar refractivity (Wildman–Crippen MR) is 68.8 cm³/mol. The molecule has 0 N–H and O–H groups in total. The minimum absolute atomic E-state index is 0.127. The highest BCUT2D eigenvalue weighted by molar-refractivity contribution is 6.32. The van der Waals surface area contributed by atoms with Gasteiger partial charge in [-0.15, -0.1) is 0 Å². The molecule has 0 aromatic heterocycles. The summed E-state index contributed by atoms with van der Waals surface area (Å²) >= 11 is 6.05. The molecule has 1 atom stereocenters. The third-order valence-electron chi connectivity index (χ3n) is 3.61. The minimum Gasteiger partial charge on any atom is -0.312 e. The smallest absolute Gasteiger partial charge is 0.312 e. The van der Waals surface area contributed by atoms with E-state index in [-0.39, 0.29) is 18.0 Å². The molecule has 2 aliphatic heterocycles. The summed E-state index contributed by atoms with van der Waals surface area (Å²) in [5.74, 6) is -0.127. The van der Waals surface area contributed by atoms with Crippen molar-refractivity contribution in [3.63, 3.8) is 0 Å². The van der Waals surface area contributed by atoms with Crippen LogP contribution >= 0.6 is 11.6 Å². The molecule has 2 aliphatic rings. The van der Waals surface area contributed by atoms with Gasteiger partial charge in [-0.05, 0) is 37.5 Å². The van der Waals surface area contributed by atoms with Gasteiger partial charge >= 0.3 is 6.03 Å². The van der Waals surface area contributed by atoms with Crippen LogP contribution in [0.5, 0.6) is 0 Å². The lowest BCUT2D eigenvalue weighted by Crippen LogP contribution is -2.33. The Balaban J connectivity index is 1.99. The van der Waals surface area contributed by atoms with Crippen LogP contribution in [0.2, 0.25) is 5.02 Å². The average Bonchev–Trinajstić information content (AvgIpc) is 2.89. The molecule has 1 aromatic carbocycles. The number of nitrogens with zero attached hydrogens (tertiary/aromatic N) is 2. The number of halogens is 1. The average molecular weight is 265 g/mol. The lowest BCUT2D eigenvalue weighted by Gasteiger charge is -2.16. The number of benzene rings is 1. The number of anilines is 1. The van der Waals surface area contributed by atoms with Gasteiger partial charge in [0.25, 0.3) is 5.91 Å². The van der Waals surface area contributed by atoms with Gasteiger partial charge in [0, 0.05) is 11.6 Å². The SMILES string of the molecule is Cc1ccc(N2C(=O)[C@H]3CCCN3C2=O)cc1Cl. The van der Waals surface area contributed by atoms with Crippen LogP contribution in [0.1, 0.15) is 18.4 Å². The molecule has 3 rings (SSSR count). The van der Waals surface area contributed by atoms with Gasteiger partial charge in [0.05, 0.1) is 5.69 Å². The Morgan fingerprint density at radius 3 is 2.78 bits per heavy atom. The third kappa shape index (κ3) is 1.52. The van der Waals surface area contributed by atoms with Crippen LogP contribution in [-0.4, -0.2) is 29.4 Å². The summed E-state index contributed by atoms with van der Waals surface area (Å²) in [6.07, 6.45) is 1.67. The maximum absolute atomic E-state index is 12.2. The number of fused-ring (bicyclic) bond motifs is 1. The fourth-order valence-corrected chi connectivity index (χ4v) is 2.76. The second kappa shape index (κ2) is 3.99. The molecule has 0 bridgehead atoms. The fourth-order valence-electron chi connectivity index (χ4n) is 2.58. The van der Waals surface area contributed by atoms with Gasteiger partial charge in [-0.3, -0.25) is 4.79 Å². The Morgan fingerprint density at radius 1 is 1.33 bits per heavy atom. The lowest BCUT2D eigenvalue weighted by molar-refractivity contribution is -0.119. The number of hydrogen-bond acceptors (Lipinski definition) is 2. The molecule has 0 saturated carbocycles. The van der Waals surface area contributed by atoms with Crippen LogP contribution in [0.4, 0.5) is 10.5 Å². The Labute approximate surface area is 110 Å². The summed E-state index contributed by atoms with van der Waals surface area (Å²) in [6.45, 7) is 2.56. The molecule has 1 aromatic rings. The quantitative estimate of drug-likeness (QED) is 0.732. The normalized spacial score (nSPS) is 22.9. The van der Waals surface area contributed by atoms with E-state index >= 15 is 0 Å². The molecule has 0 aliphatic carbocycles. The first kappa shape index (κ1) is 11.5. The van der Waals surface area contributed by atoms with Crippen molar-refractivity contribution in [2.24, 2.45) is 0 Å². The molecule has 5 heteroatoms. The Hall–Kier alpha value is -1.55. The minimum atomic E-state index is -0.266. The topological polar surface area (TPSA) is 40.6 Å². The molecule has 2 fully saturated rings. The maximum atomic E-state index is 12.2. The first-order chi connectivity index (χ1) is 8.59. The zero-order chi connectivity index (χ0) is 12.9. The van der Waals surface area contributed by atoms with Crippen molar-refractivity contribution in [3.8, 4) is 0 Å². The molecular formula is C13H13ClN2O2. The number of carbonyl (C=O) groups is 2. The molecule has 0 spiro atoms. The van der Waals surface area contributed by atoms with E-state index in [0.717, 1.165) is 18.4 Å². The van der Waals surface area contributed by atoms with Crippen molar-refractivity contribution in [2.75, 3.05) is 11.4 Å². The number of carbonyl (C=O) groups excluding carboxylic acids is 2. The van der Waals surface area contributed by atoms with Gasteiger partial charge in [-0.2, -0.15) is 0 Å². The van der Waals surface area contributed by atoms with E-state index in [2.05, 4.69) is 0 Å². The Kier molecular flexibility index (Phi) is 2.55. The highest BCUT2D eigenvalue weighted by Crippen LogP contribution is 2.32. The molecule has 0 radical (unpaired) electrons. The van der Waals surface area contributed by atoms with Gasteiger partial charge < -0.3 is 4.90 Å². The number of aryl methyl sites for hydroxylation is 1. The van der Waals surface area contributed by atoms with Gasteiger partial charge in [-0.1, -0.05) is 17.7 Å². The highest BCUT2D eigenvalue weighted by atomic mass is 35.5. The van der Waals surface area contributed by atoms with Crippen LogP contribution in [0.25, 0.3) is 0 Å². The fraction of sp³-hybridized carbons (Fsp3) is 0.385. The van der Waals surface area contributed by atoms with E-state index < -0.39 is 0 Å². The van der Waals surface area contributed by atoms with E-state index in [1.165, 1.54) is 4.90 Å². The molecule has 3 amide bonds. The summed E-state index contributed by atoms with van der Waals surface area (Å²) in [4.78, 5) is 27.3. The van der Waals surface area contributed by atoms with Crippen LogP contribution in [0.15, 0.2) is 18.2 Å². The Bertz CT molecular complexity index is 522. The van der Waals surface area contributed by atoms with Crippen molar-refractivity contribution in [3.05, 3.63) is 28.8 Å². The second-order valence-corrected chi connectivity index (χ2v) is 5.15. The van der Waals surface area contributed by atoms with E-state index in [0.29, 0.717) is 17.3 Å². The van der Waals surface area contributed by atoms with Crippen molar-refractivity contribution in [2.45, 2.75) is 25.8 Å². The predicted octanol–water partition coefficient (Wildman–Crippen LogP) is 2.58. The van der Waals surface area contributed by atoms with E-state index in [1.807, 2.05) is 13.0 Å². The van der Waals surface area contributed by atoms with Gasteiger partial charge in [0.15, 0.2) is 0 Å². The molecule has 0 unspecified atom stereocenters. The van der Waals surface area contributed by atoms with Crippen LogP contribution in [-0.2, 0) is 4.79 Å². The van der Waals surface area contributed by atoms with Crippen molar-refractivity contribution < 1.29 is 9.59 Å². The molecule has 2 heterocycles. The summed E-state index contributed by atoms with van der Waals surface area (Å²) in [5, 5.41) is 0.570. The van der Waals surface area contributed by atoms with Crippen molar-refractivity contribution in [1.29, 1.82) is 0 Å². The second-order valence-electron chi connectivity index (χ2n) is 4.74. The summed E-state index contributed by atoms with van der Waals surface area (Å²) in [7, 11) is 0. The van der Waals surface area contributed by atoms with Crippen LogP contribution in [0.3, 0.4) is 0 Å². The van der Waals surface area contributed by atoms with E-state index in [1.54, 1.807) is 17.0 Å². The first-order valence-corrected chi connectivity index (χ1v) is 6.38. The van der Waals surface area contributed by atoms with Crippen LogP contribution in [0, 0.1) is 6.92 Å². The maximum Gasteiger partial charge on any atom is 0.332 e. The number of urea groups is 1. The van der Waals surface area contributed by atoms with Gasteiger partial charge in [0.1, 0.15) is 6.04 Å². The Morgan fingerprint density at radius 2 is 2.11 bits per heavy atom. The third-order valence-corrected chi connectivity index (χ3v) is 4.02. The van der Waals surface area contributed by atoms with Crippen molar-refractivity contribution in [1.82, 2.24) is 4.90 Å². The van der Waals surface area contributed by atoms with Gasteiger partial charge in [0.2, 0.25) is 0 Å². The number of amides is 3. The number of rotatable bonds is 1. The number of imide groups is 1. The molecule has 18 heavy (non-hydrogen) atoms. The summed E-state index contributed by atoms with van der Waals surface area (Å²) in [6, 6.07) is 4.77. The number of hydrogen-bond donors (Lipinski definition) is 0. The molecule has 4 nitrogen and oxygen atoms in total. The van der Waals surface area contributed by atoms with Crippen LogP contribution < -0.4 is 4.90 Å². The standard InChI is InChI=1S/C13H13ClN2O2/c1-8-4-5-9(7-10(8)14)16-12(17)11-3-2-6-15(11)13(16)18/h4-5,7,11H,2-3,6H2,1H3/t11-/m1/s1. The zero-order valence-electron chi connectivity index (χ0n) is 10.0. The molecule has 2 saturated heterocycles. The van der Waals surface area contributed by atoms with Gasteiger partial charge in [-0.25, -0.2) is 9.69 Å².